The minimum absolute atomic E-state index is 0.0551. The molecule has 1 fully saturated rings. The van der Waals surface area contributed by atoms with E-state index in [1.54, 1.807) is 12.1 Å². The van der Waals surface area contributed by atoms with Crippen LogP contribution in [0.3, 0.4) is 0 Å². The van der Waals surface area contributed by atoms with Gasteiger partial charge in [0.25, 0.3) is 0 Å². The molecule has 5 nitrogen and oxygen atoms in total. The predicted molar refractivity (Wildman–Crippen MR) is 91.7 cm³/mol. The maximum Gasteiger partial charge on any atom is 0.337 e. The molecule has 1 atom stereocenters. The van der Waals surface area contributed by atoms with Gasteiger partial charge in [0.05, 0.1) is 12.7 Å². The molecule has 1 aliphatic rings. The molecule has 3 rings (SSSR count). The monoisotopic (exact) mass is 358 g/mol. The summed E-state index contributed by atoms with van der Waals surface area (Å²) in [5.41, 5.74) is 0.810. The van der Waals surface area contributed by atoms with Gasteiger partial charge in [0.15, 0.2) is 5.78 Å². The molecule has 2 aromatic carbocycles. The number of hydrogen-bond donors (Lipinski definition) is 0. The number of halogens is 1. The molecule has 26 heavy (non-hydrogen) atoms. The van der Waals surface area contributed by atoms with Gasteiger partial charge in [0, 0.05) is 17.7 Å². The van der Waals surface area contributed by atoms with E-state index in [-0.39, 0.29) is 18.5 Å². The zero-order valence-corrected chi connectivity index (χ0v) is 14.2. The minimum atomic E-state index is -0.513. The van der Waals surface area contributed by atoms with E-state index in [1.165, 1.54) is 36.4 Å². The minimum Gasteiger partial charge on any atom is -0.425 e. The summed E-state index contributed by atoms with van der Waals surface area (Å²) in [6.45, 7) is 0.956. The standard InChI is InChI=1S/C20H19FO5/c21-16-7-3-14(4-8-16)20(23)15-5-9-17(10-6-15)26-19(22)13-24-12-18-2-1-11-25-18/h3-10,18H,1-2,11-13H2. The lowest BCUT2D eigenvalue weighted by Gasteiger charge is -2.10. The highest BCUT2D eigenvalue weighted by Gasteiger charge is 2.16. The van der Waals surface area contributed by atoms with Gasteiger partial charge in [-0.1, -0.05) is 0 Å². The van der Waals surface area contributed by atoms with E-state index in [0.29, 0.717) is 23.5 Å². The quantitative estimate of drug-likeness (QED) is 0.432. The number of ether oxygens (including phenoxy) is 3. The van der Waals surface area contributed by atoms with Crippen molar-refractivity contribution in [2.24, 2.45) is 0 Å². The summed E-state index contributed by atoms with van der Waals surface area (Å²) in [6, 6.07) is 11.5. The first-order chi connectivity index (χ1) is 12.6. The summed E-state index contributed by atoms with van der Waals surface area (Å²) in [7, 11) is 0. The van der Waals surface area contributed by atoms with Gasteiger partial charge in [-0.25, -0.2) is 9.18 Å². The molecule has 0 N–H and O–H groups in total. The maximum absolute atomic E-state index is 12.9. The lowest BCUT2D eigenvalue weighted by atomic mass is 10.0. The molecule has 0 saturated carbocycles. The summed E-state index contributed by atoms with van der Waals surface area (Å²) in [6.07, 6.45) is 2.01. The van der Waals surface area contributed by atoms with Gasteiger partial charge in [-0.3, -0.25) is 4.79 Å². The third-order valence-corrected chi connectivity index (χ3v) is 4.00. The number of rotatable bonds is 7. The number of benzene rings is 2. The van der Waals surface area contributed by atoms with E-state index in [2.05, 4.69) is 0 Å². The second-order valence-corrected chi connectivity index (χ2v) is 5.98. The van der Waals surface area contributed by atoms with Gasteiger partial charge in [0.1, 0.15) is 18.2 Å². The van der Waals surface area contributed by atoms with Crippen LogP contribution in [-0.4, -0.2) is 37.7 Å². The Hall–Kier alpha value is -2.57. The van der Waals surface area contributed by atoms with Gasteiger partial charge in [0.2, 0.25) is 0 Å². The molecular formula is C20H19FO5. The summed E-state index contributed by atoms with van der Waals surface area (Å²) in [4.78, 5) is 24.1. The number of carbonyl (C=O) groups is 2. The van der Waals surface area contributed by atoms with Crippen molar-refractivity contribution in [3.8, 4) is 5.75 Å². The van der Waals surface area contributed by atoms with Crippen molar-refractivity contribution in [1.29, 1.82) is 0 Å². The molecular weight excluding hydrogens is 339 g/mol. The molecule has 0 aliphatic carbocycles. The Bertz CT molecular complexity index is 749. The molecule has 0 aromatic heterocycles. The van der Waals surface area contributed by atoms with Crippen LogP contribution < -0.4 is 4.74 Å². The summed E-state index contributed by atoms with van der Waals surface area (Å²) in [5, 5.41) is 0. The second kappa shape index (κ2) is 8.69. The molecule has 136 valence electrons. The molecule has 6 heteroatoms. The third-order valence-electron chi connectivity index (χ3n) is 4.00. The first kappa shape index (κ1) is 18.2. The van der Waals surface area contributed by atoms with Crippen LogP contribution in [0.4, 0.5) is 4.39 Å². The molecule has 1 heterocycles. The predicted octanol–water partition coefficient (Wildman–Crippen LogP) is 3.16. The third kappa shape index (κ3) is 4.97. The zero-order valence-electron chi connectivity index (χ0n) is 14.2. The molecule has 0 spiro atoms. The van der Waals surface area contributed by atoms with E-state index in [1.807, 2.05) is 0 Å². The Balaban J connectivity index is 1.49. The van der Waals surface area contributed by atoms with Gasteiger partial charge < -0.3 is 14.2 Å². The Morgan fingerprint density at radius 1 is 1.04 bits per heavy atom. The van der Waals surface area contributed by atoms with Gasteiger partial charge in [-0.2, -0.15) is 0 Å². The molecule has 1 saturated heterocycles. The molecule has 0 bridgehead atoms. The fourth-order valence-corrected chi connectivity index (χ4v) is 2.65. The average molecular weight is 358 g/mol. The molecule has 1 aliphatic heterocycles. The van der Waals surface area contributed by atoms with Crippen molar-refractivity contribution in [2.75, 3.05) is 19.8 Å². The normalized spacial score (nSPS) is 16.4. The summed E-state index contributed by atoms with van der Waals surface area (Å²) < 4.78 is 28.8. The van der Waals surface area contributed by atoms with Gasteiger partial charge in [-0.05, 0) is 61.4 Å². The first-order valence-electron chi connectivity index (χ1n) is 8.42. The van der Waals surface area contributed by atoms with E-state index in [4.69, 9.17) is 14.2 Å². The Morgan fingerprint density at radius 2 is 1.69 bits per heavy atom. The summed E-state index contributed by atoms with van der Waals surface area (Å²) >= 11 is 0. The zero-order chi connectivity index (χ0) is 18.4. The van der Waals surface area contributed by atoms with E-state index in [0.717, 1.165) is 19.4 Å². The van der Waals surface area contributed by atoms with Gasteiger partial charge >= 0.3 is 5.97 Å². The van der Waals surface area contributed by atoms with Crippen molar-refractivity contribution in [2.45, 2.75) is 18.9 Å². The Morgan fingerprint density at radius 3 is 2.31 bits per heavy atom. The van der Waals surface area contributed by atoms with Crippen molar-refractivity contribution in [1.82, 2.24) is 0 Å². The highest BCUT2D eigenvalue weighted by atomic mass is 19.1. The maximum atomic E-state index is 12.9. The van der Waals surface area contributed by atoms with Crippen LogP contribution in [0.1, 0.15) is 28.8 Å². The Labute approximate surface area is 150 Å². The number of esters is 1. The topological polar surface area (TPSA) is 61.8 Å². The highest BCUT2D eigenvalue weighted by molar-refractivity contribution is 6.09. The van der Waals surface area contributed by atoms with Crippen molar-refractivity contribution >= 4 is 11.8 Å². The number of carbonyl (C=O) groups excluding carboxylic acids is 2. The first-order valence-corrected chi connectivity index (χ1v) is 8.42. The molecule has 0 amide bonds. The smallest absolute Gasteiger partial charge is 0.337 e. The summed E-state index contributed by atoms with van der Waals surface area (Å²) in [5.74, 6) is -0.819. The van der Waals surface area contributed by atoms with Crippen molar-refractivity contribution in [3.05, 3.63) is 65.5 Å². The highest BCUT2D eigenvalue weighted by Crippen LogP contribution is 2.16. The molecule has 1 unspecified atom stereocenters. The van der Waals surface area contributed by atoms with Crippen LogP contribution >= 0.6 is 0 Å². The van der Waals surface area contributed by atoms with E-state index >= 15 is 0 Å². The van der Waals surface area contributed by atoms with Crippen LogP contribution in [0.15, 0.2) is 48.5 Å². The fourth-order valence-electron chi connectivity index (χ4n) is 2.65. The van der Waals surface area contributed by atoms with Gasteiger partial charge in [-0.15, -0.1) is 0 Å². The largest absolute Gasteiger partial charge is 0.425 e. The lowest BCUT2D eigenvalue weighted by molar-refractivity contribution is -0.140. The van der Waals surface area contributed by atoms with Crippen LogP contribution in [0, 0.1) is 5.82 Å². The van der Waals surface area contributed by atoms with E-state index < -0.39 is 11.8 Å². The van der Waals surface area contributed by atoms with Crippen molar-refractivity contribution < 1.29 is 28.2 Å². The van der Waals surface area contributed by atoms with Crippen LogP contribution in [0.2, 0.25) is 0 Å². The molecule has 0 radical (unpaired) electrons. The average Bonchev–Trinajstić information content (AvgIpc) is 3.16. The van der Waals surface area contributed by atoms with E-state index in [9.17, 15) is 14.0 Å². The van der Waals surface area contributed by atoms with Crippen LogP contribution in [0.25, 0.3) is 0 Å². The van der Waals surface area contributed by atoms with Crippen molar-refractivity contribution in [3.63, 3.8) is 0 Å². The SMILES string of the molecule is O=C(COCC1CCCO1)Oc1ccc(C(=O)c2ccc(F)cc2)cc1. The van der Waals surface area contributed by atoms with Crippen LogP contribution in [-0.2, 0) is 14.3 Å². The lowest BCUT2D eigenvalue weighted by Crippen LogP contribution is -2.21. The Kier molecular flexibility index (Phi) is 6.09. The van der Waals surface area contributed by atoms with Crippen LogP contribution in [0.5, 0.6) is 5.75 Å². The second-order valence-electron chi connectivity index (χ2n) is 5.98. The molecule has 2 aromatic rings. The number of ketones is 1. The fraction of sp³-hybridized carbons (Fsp3) is 0.300. The number of hydrogen-bond acceptors (Lipinski definition) is 5.